The van der Waals surface area contributed by atoms with E-state index in [0.717, 1.165) is 56.1 Å². The Bertz CT molecular complexity index is 502. The molecule has 1 fully saturated rings. The Morgan fingerprint density at radius 3 is 2.73 bits per heavy atom. The van der Waals surface area contributed by atoms with Crippen molar-refractivity contribution in [3.63, 3.8) is 0 Å². The van der Waals surface area contributed by atoms with Gasteiger partial charge in [-0.1, -0.05) is 23.7 Å². The van der Waals surface area contributed by atoms with Gasteiger partial charge in [-0.05, 0) is 24.1 Å². The average molecular weight is 324 g/mol. The van der Waals surface area contributed by atoms with E-state index in [1.54, 1.807) is 4.90 Å². The molecule has 0 aromatic heterocycles. The fourth-order valence-electron chi connectivity index (χ4n) is 2.48. The van der Waals surface area contributed by atoms with Gasteiger partial charge in [-0.2, -0.15) is 0 Å². The molecule has 0 unspecified atom stereocenters. The van der Waals surface area contributed by atoms with Gasteiger partial charge >= 0.3 is 0 Å². The topological polar surface area (TPSA) is 52.7 Å². The second kappa shape index (κ2) is 8.76. The predicted octanol–water partition coefficient (Wildman–Crippen LogP) is 1.16. The van der Waals surface area contributed by atoms with Crippen molar-refractivity contribution in [1.82, 2.24) is 15.1 Å². The van der Waals surface area contributed by atoms with Crippen LogP contribution in [0.1, 0.15) is 12.0 Å². The van der Waals surface area contributed by atoms with Crippen LogP contribution in [-0.4, -0.2) is 61.4 Å². The van der Waals surface area contributed by atoms with Crippen molar-refractivity contribution in [1.29, 1.82) is 0 Å². The number of amides is 2. The summed E-state index contributed by atoms with van der Waals surface area (Å²) in [4.78, 5) is 26.4. The minimum atomic E-state index is 0.0693. The Balaban J connectivity index is 1.59. The first kappa shape index (κ1) is 16.8. The van der Waals surface area contributed by atoms with Gasteiger partial charge in [-0.15, -0.1) is 0 Å². The second-order valence-electron chi connectivity index (χ2n) is 5.46. The molecular weight excluding hydrogens is 302 g/mol. The number of rotatable bonds is 7. The lowest BCUT2D eigenvalue weighted by Gasteiger charge is -2.32. The Morgan fingerprint density at radius 1 is 1.27 bits per heavy atom. The molecule has 1 saturated heterocycles. The minimum Gasteiger partial charge on any atom is -0.356 e. The van der Waals surface area contributed by atoms with E-state index in [4.69, 9.17) is 11.6 Å². The molecule has 120 valence electrons. The van der Waals surface area contributed by atoms with Crippen molar-refractivity contribution in [2.75, 3.05) is 39.3 Å². The third kappa shape index (κ3) is 5.66. The van der Waals surface area contributed by atoms with E-state index >= 15 is 0 Å². The minimum absolute atomic E-state index is 0.0693. The number of nitrogens with zero attached hydrogens (tertiary/aromatic N) is 2. The lowest BCUT2D eigenvalue weighted by molar-refractivity contribution is -0.122. The maximum atomic E-state index is 11.8. The fraction of sp³-hybridized carbons (Fsp3) is 0.500. The smallest absolute Gasteiger partial charge is 0.221 e. The van der Waals surface area contributed by atoms with Crippen molar-refractivity contribution in [3.8, 4) is 0 Å². The third-order valence-corrected chi connectivity index (χ3v) is 4.07. The van der Waals surface area contributed by atoms with Crippen molar-refractivity contribution in [2.24, 2.45) is 0 Å². The van der Waals surface area contributed by atoms with Crippen LogP contribution in [0.3, 0.4) is 0 Å². The maximum absolute atomic E-state index is 11.8. The summed E-state index contributed by atoms with van der Waals surface area (Å²) in [5, 5.41) is 3.66. The second-order valence-corrected chi connectivity index (χ2v) is 5.90. The molecule has 6 heteroatoms. The van der Waals surface area contributed by atoms with Gasteiger partial charge in [0.05, 0.1) is 0 Å². The molecule has 2 rings (SSSR count). The summed E-state index contributed by atoms with van der Waals surface area (Å²) in [5.74, 6) is 0.0693. The van der Waals surface area contributed by atoms with Crippen molar-refractivity contribution < 1.29 is 9.59 Å². The molecule has 0 saturated carbocycles. The lowest BCUT2D eigenvalue weighted by Crippen LogP contribution is -2.46. The molecular formula is C16H22ClN3O2. The van der Waals surface area contributed by atoms with E-state index in [-0.39, 0.29) is 5.91 Å². The van der Waals surface area contributed by atoms with Crippen molar-refractivity contribution >= 4 is 23.9 Å². The van der Waals surface area contributed by atoms with Crippen LogP contribution >= 0.6 is 11.6 Å². The zero-order chi connectivity index (χ0) is 15.8. The van der Waals surface area contributed by atoms with Crippen LogP contribution < -0.4 is 5.32 Å². The first-order valence-corrected chi connectivity index (χ1v) is 7.98. The summed E-state index contributed by atoms with van der Waals surface area (Å²) < 4.78 is 0. The largest absolute Gasteiger partial charge is 0.356 e. The SMILES string of the molecule is O=CN1CCN(CCC(=O)NCCc2cccc(Cl)c2)CC1. The Morgan fingerprint density at radius 2 is 2.05 bits per heavy atom. The maximum Gasteiger partial charge on any atom is 0.221 e. The number of hydrogen-bond acceptors (Lipinski definition) is 3. The molecule has 0 atom stereocenters. The van der Waals surface area contributed by atoms with E-state index in [1.165, 1.54) is 0 Å². The Labute approximate surface area is 136 Å². The van der Waals surface area contributed by atoms with Gasteiger partial charge in [0.25, 0.3) is 0 Å². The average Bonchev–Trinajstić information content (AvgIpc) is 2.53. The molecule has 1 aliphatic rings. The lowest BCUT2D eigenvalue weighted by atomic mass is 10.1. The summed E-state index contributed by atoms with van der Waals surface area (Å²) >= 11 is 5.92. The Hall–Kier alpha value is -1.59. The highest BCUT2D eigenvalue weighted by Crippen LogP contribution is 2.10. The molecule has 0 bridgehead atoms. The molecule has 5 nitrogen and oxygen atoms in total. The van der Waals surface area contributed by atoms with Gasteiger partial charge in [0.2, 0.25) is 12.3 Å². The van der Waals surface area contributed by atoms with Gasteiger partial charge in [0.1, 0.15) is 0 Å². The molecule has 0 spiro atoms. The van der Waals surface area contributed by atoms with Gasteiger partial charge < -0.3 is 10.2 Å². The summed E-state index contributed by atoms with van der Waals surface area (Å²) in [6, 6.07) is 7.68. The normalized spacial score (nSPS) is 15.6. The summed E-state index contributed by atoms with van der Waals surface area (Å²) in [5.41, 5.74) is 1.12. The highest BCUT2D eigenvalue weighted by Gasteiger charge is 2.15. The van der Waals surface area contributed by atoms with E-state index in [1.807, 2.05) is 24.3 Å². The first-order valence-electron chi connectivity index (χ1n) is 7.60. The van der Waals surface area contributed by atoms with Crippen LogP contribution in [0.5, 0.6) is 0 Å². The van der Waals surface area contributed by atoms with Crippen LogP contribution in [0.2, 0.25) is 5.02 Å². The fourth-order valence-corrected chi connectivity index (χ4v) is 2.69. The number of halogens is 1. The molecule has 0 radical (unpaired) electrons. The van der Waals surface area contributed by atoms with Crippen LogP contribution in [0.25, 0.3) is 0 Å². The van der Waals surface area contributed by atoms with Crippen LogP contribution in [0.15, 0.2) is 24.3 Å². The number of carbonyl (C=O) groups excluding carboxylic acids is 2. The molecule has 1 N–H and O–H groups in total. The zero-order valence-corrected chi connectivity index (χ0v) is 13.4. The summed E-state index contributed by atoms with van der Waals surface area (Å²) in [7, 11) is 0. The molecule has 1 aliphatic heterocycles. The van der Waals surface area contributed by atoms with Crippen LogP contribution in [-0.2, 0) is 16.0 Å². The quantitative estimate of drug-likeness (QED) is 0.766. The molecule has 2 amide bonds. The number of nitrogens with one attached hydrogen (secondary N) is 1. The highest BCUT2D eigenvalue weighted by atomic mass is 35.5. The van der Waals surface area contributed by atoms with Crippen molar-refractivity contribution in [3.05, 3.63) is 34.9 Å². The van der Waals surface area contributed by atoms with Crippen LogP contribution in [0.4, 0.5) is 0 Å². The molecule has 1 aromatic rings. The molecule has 0 aliphatic carbocycles. The zero-order valence-electron chi connectivity index (χ0n) is 12.6. The molecule has 1 aromatic carbocycles. The van der Waals surface area contributed by atoms with Gasteiger partial charge in [0, 0.05) is 50.7 Å². The first-order chi connectivity index (χ1) is 10.7. The third-order valence-electron chi connectivity index (χ3n) is 3.84. The van der Waals surface area contributed by atoms with Gasteiger partial charge in [0.15, 0.2) is 0 Å². The number of piperazine rings is 1. The molecule has 1 heterocycles. The number of benzene rings is 1. The number of carbonyl (C=O) groups is 2. The van der Waals surface area contributed by atoms with Crippen LogP contribution in [0, 0.1) is 0 Å². The van der Waals surface area contributed by atoms with E-state index < -0.39 is 0 Å². The monoisotopic (exact) mass is 323 g/mol. The van der Waals surface area contributed by atoms with E-state index in [9.17, 15) is 9.59 Å². The summed E-state index contributed by atoms with van der Waals surface area (Å²) in [6.45, 7) is 4.55. The van der Waals surface area contributed by atoms with Gasteiger partial charge in [-0.3, -0.25) is 14.5 Å². The van der Waals surface area contributed by atoms with Gasteiger partial charge in [-0.25, -0.2) is 0 Å². The standard InChI is InChI=1S/C16H22ClN3O2/c17-15-3-1-2-14(12-15)4-6-18-16(22)5-7-19-8-10-20(13-21)11-9-19/h1-3,12-13H,4-11H2,(H,18,22). The van der Waals surface area contributed by atoms with Crippen molar-refractivity contribution in [2.45, 2.75) is 12.8 Å². The highest BCUT2D eigenvalue weighted by molar-refractivity contribution is 6.30. The van der Waals surface area contributed by atoms with E-state index in [0.29, 0.717) is 13.0 Å². The Kier molecular flexibility index (Phi) is 6.68. The van der Waals surface area contributed by atoms with E-state index in [2.05, 4.69) is 10.2 Å². The number of hydrogen-bond donors (Lipinski definition) is 1. The molecule has 22 heavy (non-hydrogen) atoms. The predicted molar refractivity (Wildman–Crippen MR) is 86.9 cm³/mol. The summed E-state index contributed by atoms with van der Waals surface area (Å²) in [6.07, 6.45) is 2.17.